The summed E-state index contributed by atoms with van der Waals surface area (Å²) in [5, 5.41) is 0. The minimum Gasteiger partial charge on any atom is -0.271 e. The van der Waals surface area contributed by atoms with E-state index in [1.807, 2.05) is 25.1 Å². The van der Waals surface area contributed by atoms with Crippen molar-refractivity contribution in [3.63, 3.8) is 0 Å². The number of nitrogens with zero attached hydrogens (tertiary/aromatic N) is 1. The average Bonchev–Trinajstić information content (AvgIpc) is 2.24. The van der Waals surface area contributed by atoms with Gasteiger partial charge in [0, 0.05) is 12.1 Å². The van der Waals surface area contributed by atoms with Crippen LogP contribution >= 0.6 is 0 Å². The number of unbranched alkanes of at least 4 members (excludes halogenated alkanes) is 1. The molecule has 3 nitrogen and oxygen atoms in total. The van der Waals surface area contributed by atoms with Crippen LogP contribution in [0, 0.1) is 19.3 Å². The van der Waals surface area contributed by atoms with Gasteiger partial charge in [-0.15, -0.1) is 12.3 Å². The summed E-state index contributed by atoms with van der Waals surface area (Å²) in [6.45, 7) is 1.97. The van der Waals surface area contributed by atoms with E-state index in [4.69, 9.17) is 12.3 Å². The maximum Gasteiger partial charge on any atom is 0.0632 e. The first kappa shape index (κ1) is 11.7. The van der Waals surface area contributed by atoms with Gasteiger partial charge in [-0.1, -0.05) is 6.07 Å². The van der Waals surface area contributed by atoms with Gasteiger partial charge in [0.1, 0.15) is 0 Å². The second-order valence-corrected chi connectivity index (χ2v) is 3.52. The molecule has 0 aliphatic rings. The number of hydrogen-bond donors (Lipinski definition) is 2. The second kappa shape index (κ2) is 6.18. The zero-order chi connectivity index (χ0) is 11.1. The third-order valence-electron chi connectivity index (χ3n) is 2.28. The number of terminal acetylenes is 1. The summed E-state index contributed by atoms with van der Waals surface area (Å²) in [4.78, 5) is 4.43. The molecule has 3 heteroatoms. The lowest BCUT2D eigenvalue weighted by atomic mass is 10.1. The predicted octanol–water partition coefficient (Wildman–Crippen LogP) is 1.70. The smallest absolute Gasteiger partial charge is 0.0632 e. The Hall–Kier alpha value is -1.37. The Morgan fingerprint density at radius 2 is 2.40 bits per heavy atom. The number of nitrogens with one attached hydrogen (secondary N) is 1. The van der Waals surface area contributed by atoms with E-state index in [9.17, 15) is 0 Å². The molecule has 0 saturated heterocycles. The van der Waals surface area contributed by atoms with Crippen molar-refractivity contribution in [1.29, 1.82) is 0 Å². The fraction of sp³-hybridized carbons (Fsp3) is 0.417. The van der Waals surface area contributed by atoms with Crippen LogP contribution in [0.5, 0.6) is 0 Å². The van der Waals surface area contributed by atoms with E-state index in [2.05, 4.69) is 16.3 Å². The zero-order valence-electron chi connectivity index (χ0n) is 9.03. The molecule has 1 aromatic heterocycles. The standard InChI is InChI=1S/C12H17N3/c1-3-4-5-8-12(15-13)11-9-6-7-10(2)14-11/h1,6-7,9,12,15H,4-5,8,13H2,2H3. The van der Waals surface area contributed by atoms with Gasteiger partial charge in [-0.3, -0.25) is 16.3 Å². The normalized spacial score (nSPS) is 12.1. The molecule has 1 rings (SSSR count). The van der Waals surface area contributed by atoms with E-state index in [1.165, 1.54) is 0 Å². The summed E-state index contributed by atoms with van der Waals surface area (Å²) in [6, 6.07) is 6.04. The Morgan fingerprint density at radius 3 is 3.00 bits per heavy atom. The number of aryl methyl sites for hydroxylation is 1. The molecule has 1 heterocycles. The van der Waals surface area contributed by atoms with E-state index in [1.54, 1.807) is 0 Å². The van der Waals surface area contributed by atoms with Crippen LogP contribution in [0.1, 0.15) is 36.7 Å². The van der Waals surface area contributed by atoms with Crippen LogP contribution in [0.2, 0.25) is 0 Å². The average molecular weight is 203 g/mol. The number of nitrogens with two attached hydrogens (primary N) is 1. The van der Waals surface area contributed by atoms with Gasteiger partial charge in [0.2, 0.25) is 0 Å². The third kappa shape index (κ3) is 3.70. The lowest BCUT2D eigenvalue weighted by molar-refractivity contribution is 0.491. The van der Waals surface area contributed by atoms with Crippen LogP contribution in [0.15, 0.2) is 18.2 Å². The van der Waals surface area contributed by atoms with Crippen LogP contribution in [-0.2, 0) is 0 Å². The number of rotatable bonds is 5. The maximum absolute atomic E-state index is 5.50. The molecule has 0 amide bonds. The molecule has 0 bridgehead atoms. The molecule has 0 spiro atoms. The van der Waals surface area contributed by atoms with E-state index in [0.29, 0.717) is 0 Å². The molecule has 1 atom stereocenters. The van der Waals surface area contributed by atoms with Crippen LogP contribution < -0.4 is 11.3 Å². The van der Waals surface area contributed by atoms with Gasteiger partial charge in [0.05, 0.1) is 11.7 Å². The second-order valence-electron chi connectivity index (χ2n) is 3.52. The Morgan fingerprint density at radius 1 is 1.60 bits per heavy atom. The first-order chi connectivity index (χ1) is 7.27. The largest absolute Gasteiger partial charge is 0.271 e. The Labute approximate surface area is 91.1 Å². The van der Waals surface area contributed by atoms with Gasteiger partial charge in [-0.2, -0.15) is 0 Å². The summed E-state index contributed by atoms with van der Waals surface area (Å²) in [6.07, 6.45) is 7.86. The Balaban J connectivity index is 2.62. The van der Waals surface area contributed by atoms with Crippen molar-refractivity contribution in [2.45, 2.75) is 32.2 Å². The van der Waals surface area contributed by atoms with Crippen LogP contribution in [0.25, 0.3) is 0 Å². The number of pyridine rings is 1. The molecule has 1 aromatic rings. The fourth-order valence-corrected chi connectivity index (χ4v) is 1.48. The maximum atomic E-state index is 5.50. The molecule has 0 fully saturated rings. The minimum absolute atomic E-state index is 0.0956. The number of aromatic nitrogens is 1. The quantitative estimate of drug-likeness (QED) is 0.331. The van der Waals surface area contributed by atoms with Crippen LogP contribution in [0.4, 0.5) is 0 Å². The Bertz CT molecular complexity index is 341. The summed E-state index contributed by atoms with van der Waals surface area (Å²) >= 11 is 0. The molecular formula is C12H17N3. The van der Waals surface area contributed by atoms with Gasteiger partial charge in [-0.05, 0) is 31.9 Å². The summed E-state index contributed by atoms with van der Waals surface area (Å²) < 4.78 is 0. The first-order valence-corrected chi connectivity index (χ1v) is 5.11. The van der Waals surface area contributed by atoms with E-state index >= 15 is 0 Å². The number of hydrazine groups is 1. The molecule has 0 aliphatic carbocycles. The summed E-state index contributed by atoms with van der Waals surface area (Å²) in [7, 11) is 0. The highest BCUT2D eigenvalue weighted by atomic mass is 15.2. The van der Waals surface area contributed by atoms with Crippen molar-refractivity contribution in [3.8, 4) is 12.3 Å². The monoisotopic (exact) mass is 203 g/mol. The van der Waals surface area contributed by atoms with Crippen molar-refractivity contribution in [3.05, 3.63) is 29.6 Å². The molecule has 0 saturated carbocycles. The first-order valence-electron chi connectivity index (χ1n) is 5.11. The van der Waals surface area contributed by atoms with Crippen molar-refractivity contribution in [2.75, 3.05) is 0 Å². The van der Waals surface area contributed by atoms with Gasteiger partial charge >= 0.3 is 0 Å². The highest BCUT2D eigenvalue weighted by Gasteiger charge is 2.09. The number of hydrogen-bond acceptors (Lipinski definition) is 3. The van der Waals surface area contributed by atoms with Crippen molar-refractivity contribution in [1.82, 2.24) is 10.4 Å². The predicted molar refractivity (Wildman–Crippen MR) is 61.7 cm³/mol. The van der Waals surface area contributed by atoms with Crippen LogP contribution in [-0.4, -0.2) is 4.98 Å². The third-order valence-corrected chi connectivity index (χ3v) is 2.28. The van der Waals surface area contributed by atoms with E-state index in [0.717, 1.165) is 30.7 Å². The lowest BCUT2D eigenvalue weighted by Crippen LogP contribution is -2.28. The van der Waals surface area contributed by atoms with E-state index < -0.39 is 0 Å². The zero-order valence-corrected chi connectivity index (χ0v) is 9.03. The highest BCUT2D eigenvalue weighted by molar-refractivity contribution is 5.13. The van der Waals surface area contributed by atoms with Crippen LogP contribution in [0.3, 0.4) is 0 Å². The molecule has 0 aliphatic heterocycles. The van der Waals surface area contributed by atoms with Crippen molar-refractivity contribution >= 4 is 0 Å². The van der Waals surface area contributed by atoms with Gasteiger partial charge < -0.3 is 0 Å². The molecule has 1 unspecified atom stereocenters. The molecule has 0 aromatic carbocycles. The van der Waals surface area contributed by atoms with Crippen molar-refractivity contribution in [2.24, 2.45) is 5.84 Å². The molecular weight excluding hydrogens is 186 g/mol. The highest BCUT2D eigenvalue weighted by Crippen LogP contribution is 2.16. The Kier molecular flexibility index (Phi) is 4.82. The molecule has 15 heavy (non-hydrogen) atoms. The SMILES string of the molecule is C#CCCCC(NN)c1cccc(C)n1. The molecule has 3 N–H and O–H groups in total. The lowest BCUT2D eigenvalue weighted by Gasteiger charge is -2.14. The molecule has 80 valence electrons. The fourth-order valence-electron chi connectivity index (χ4n) is 1.48. The van der Waals surface area contributed by atoms with Gasteiger partial charge in [-0.25, -0.2) is 0 Å². The van der Waals surface area contributed by atoms with Crippen molar-refractivity contribution < 1.29 is 0 Å². The molecule has 0 radical (unpaired) electrons. The topological polar surface area (TPSA) is 50.9 Å². The van der Waals surface area contributed by atoms with Gasteiger partial charge in [0.15, 0.2) is 0 Å². The van der Waals surface area contributed by atoms with E-state index in [-0.39, 0.29) is 6.04 Å². The summed E-state index contributed by atoms with van der Waals surface area (Å²) in [5.41, 5.74) is 4.76. The summed E-state index contributed by atoms with van der Waals surface area (Å²) in [5.74, 6) is 8.12. The van der Waals surface area contributed by atoms with Gasteiger partial charge in [0.25, 0.3) is 0 Å². The minimum atomic E-state index is 0.0956.